The Labute approximate surface area is 114 Å². The van der Waals surface area contributed by atoms with E-state index in [0.717, 1.165) is 44.5 Å². The first-order chi connectivity index (χ1) is 9.38. The number of aryl methyl sites for hydroxylation is 1. The van der Waals surface area contributed by atoms with Crippen molar-refractivity contribution >= 4 is 5.95 Å². The molecule has 2 saturated heterocycles. The molecule has 1 aromatic heterocycles. The van der Waals surface area contributed by atoms with Crippen molar-refractivity contribution in [1.82, 2.24) is 14.9 Å². The van der Waals surface area contributed by atoms with Crippen LogP contribution in [0.4, 0.5) is 5.95 Å². The lowest BCUT2D eigenvalue weighted by Gasteiger charge is -2.24. The number of hydrogen-bond acceptors (Lipinski definition) is 4. The zero-order valence-electron chi connectivity index (χ0n) is 11.7. The van der Waals surface area contributed by atoms with Gasteiger partial charge >= 0.3 is 0 Å². The largest absolute Gasteiger partial charge is 0.385 e. The van der Waals surface area contributed by atoms with Gasteiger partial charge in [0.05, 0.1) is 0 Å². The zero-order valence-corrected chi connectivity index (χ0v) is 11.7. The lowest BCUT2D eigenvalue weighted by molar-refractivity contribution is 0.190. The third-order valence-electron chi connectivity index (χ3n) is 4.32. The van der Waals surface area contributed by atoms with E-state index < -0.39 is 0 Å². The SMILES string of the molecule is COCCCn1ccnc1N1C[C@@H]2CCCN[C@@H]2C1. The van der Waals surface area contributed by atoms with E-state index in [9.17, 15) is 0 Å². The molecule has 0 aromatic carbocycles. The summed E-state index contributed by atoms with van der Waals surface area (Å²) in [5.41, 5.74) is 0. The average Bonchev–Trinajstić information content (AvgIpc) is 3.04. The van der Waals surface area contributed by atoms with Crippen molar-refractivity contribution in [1.29, 1.82) is 0 Å². The van der Waals surface area contributed by atoms with Crippen molar-refractivity contribution < 1.29 is 4.74 Å². The summed E-state index contributed by atoms with van der Waals surface area (Å²) in [6.07, 6.45) is 7.71. The predicted octanol–water partition coefficient (Wildman–Crippen LogP) is 1.11. The van der Waals surface area contributed by atoms with Crippen molar-refractivity contribution in [2.24, 2.45) is 5.92 Å². The molecule has 2 fully saturated rings. The van der Waals surface area contributed by atoms with Crippen LogP contribution in [-0.4, -0.2) is 48.9 Å². The van der Waals surface area contributed by atoms with Crippen molar-refractivity contribution in [3.8, 4) is 0 Å². The number of hydrogen-bond donors (Lipinski definition) is 1. The molecule has 2 aliphatic heterocycles. The van der Waals surface area contributed by atoms with Crippen LogP contribution in [0.2, 0.25) is 0 Å². The Kier molecular flexibility index (Phi) is 4.03. The number of nitrogens with zero attached hydrogens (tertiary/aromatic N) is 3. The van der Waals surface area contributed by atoms with E-state index in [2.05, 4.69) is 26.0 Å². The number of anilines is 1. The molecule has 2 atom stereocenters. The number of nitrogens with one attached hydrogen (secondary N) is 1. The maximum Gasteiger partial charge on any atom is 0.205 e. The van der Waals surface area contributed by atoms with Crippen LogP contribution in [0, 0.1) is 5.92 Å². The second kappa shape index (κ2) is 5.92. The second-order valence-electron chi connectivity index (χ2n) is 5.63. The van der Waals surface area contributed by atoms with Gasteiger partial charge in [0.25, 0.3) is 0 Å². The Balaban J connectivity index is 1.64. The fourth-order valence-electron chi connectivity index (χ4n) is 3.35. The molecule has 5 nitrogen and oxygen atoms in total. The molecule has 1 N–H and O–H groups in total. The van der Waals surface area contributed by atoms with Gasteiger partial charge < -0.3 is 19.5 Å². The standard InChI is InChI=1S/C14H24N4O/c1-19-9-3-7-17-8-6-16-14(17)18-10-12-4-2-5-15-13(12)11-18/h6,8,12-13,15H,2-5,7,9-11H2,1H3/t12-,13+/m0/s1. The molecular weight excluding hydrogens is 240 g/mol. The normalized spacial score (nSPS) is 26.7. The van der Waals surface area contributed by atoms with Gasteiger partial charge in [-0.25, -0.2) is 4.98 Å². The molecule has 0 spiro atoms. The number of ether oxygens (including phenoxy) is 1. The van der Waals surface area contributed by atoms with Crippen LogP contribution < -0.4 is 10.2 Å². The van der Waals surface area contributed by atoms with Gasteiger partial charge in [0.2, 0.25) is 5.95 Å². The fraction of sp³-hybridized carbons (Fsp3) is 0.786. The summed E-state index contributed by atoms with van der Waals surface area (Å²) < 4.78 is 7.39. The summed E-state index contributed by atoms with van der Waals surface area (Å²) in [6.45, 7) is 5.23. The van der Waals surface area contributed by atoms with Crippen LogP contribution in [-0.2, 0) is 11.3 Å². The van der Waals surface area contributed by atoms with E-state index in [-0.39, 0.29) is 0 Å². The molecule has 1 aromatic rings. The molecule has 2 aliphatic rings. The van der Waals surface area contributed by atoms with E-state index in [1.54, 1.807) is 7.11 Å². The van der Waals surface area contributed by atoms with E-state index >= 15 is 0 Å². The number of imidazole rings is 1. The lowest BCUT2D eigenvalue weighted by Crippen LogP contribution is -2.40. The van der Waals surface area contributed by atoms with Crippen molar-refractivity contribution in [2.45, 2.75) is 31.8 Å². The second-order valence-corrected chi connectivity index (χ2v) is 5.63. The molecule has 3 rings (SSSR count). The smallest absolute Gasteiger partial charge is 0.205 e. The minimum Gasteiger partial charge on any atom is -0.385 e. The highest BCUT2D eigenvalue weighted by Gasteiger charge is 2.35. The summed E-state index contributed by atoms with van der Waals surface area (Å²) in [7, 11) is 1.76. The van der Waals surface area contributed by atoms with E-state index in [1.807, 2.05) is 6.20 Å². The predicted molar refractivity (Wildman–Crippen MR) is 75.4 cm³/mol. The number of aromatic nitrogens is 2. The maximum absolute atomic E-state index is 5.13. The van der Waals surface area contributed by atoms with Gasteiger partial charge in [-0.2, -0.15) is 0 Å². The average molecular weight is 264 g/mol. The van der Waals surface area contributed by atoms with Gasteiger partial charge in [-0.05, 0) is 31.7 Å². The highest BCUT2D eigenvalue weighted by Crippen LogP contribution is 2.28. The summed E-state index contributed by atoms with van der Waals surface area (Å²) in [5.74, 6) is 1.94. The molecular formula is C14H24N4O. The number of fused-ring (bicyclic) bond motifs is 1. The van der Waals surface area contributed by atoms with Crippen LogP contribution >= 0.6 is 0 Å². The first-order valence-electron chi connectivity index (χ1n) is 7.37. The van der Waals surface area contributed by atoms with Gasteiger partial charge in [0, 0.05) is 51.8 Å². The van der Waals surface area contributed by atoms with Crippen LogP contribution in [0.1, 0.15) is 19.3 Å². The van der Waals surface area contributed by atoms with Gasteiger partial charge in [-0.3, -0.25) is 0 Å². The molecule has 0 radical (unpaired) electrons. The van der Waals surface area contributed by atoms with Crippen molar-refractivity contribution in [3.05, 3.63) is 12.4 Å². The molecule has 19 heavy (non-hydrogen) atoms. The Hall–Kier alpha value is -1.07. The van der Waals surface area contributed by atoms with E-state index in [4.69, 9.17) is 4.74 Å². The third kappa shape index (κ3) is 2.77. The molecule has 106 valence electrons. The maximum atomic E-state index is 5.13. The van der Waals surface area contributed by atoms with Gasteiger partial charge in [0.1, 0.15) is 0 Å². The zero-order chi connectivity index (χ0) is 13.1. The highest BCUT2D eigenvalue weighted by molar-refractivity contribution is 5.34. The summed E-state index contributed by atoms with van der Waals surface area (Å²) in [5, 5.41) is 3.65. The minimum absolute atomic E-state index is 0.665. The number of rotatable bonds is 5. The third-order valence-corrected chi connectivity index (χ3v) is 4.32. The fourth-order valence-corrected chi connectivity index (χ4v) is 3.35. The van der Waals surface area contributed by atoms with E-state index in [0.29, 0.717) is 6.04 Å². The molecule has 0 bridgehead atoms. The monoisotopic (exact) mass is 264 g/mol. The summed E-state index contributed by atoms with van der Waals surface area (Å²) >= 11 is 0. The summed E-state index contributed by atoms with van der Waals surface area (Å²) in [6, 6.07) is 0.665. The first-order valence-corrected chi connectivity index (χ1v) is 7.37. The molecule has 5 heteroatoms. The Morgan fingerprint density at radius 1 is 1.47 bits per heavy atom. The molecule has 3 heterocycles. The Bertz CT molecular complexity index is 392. The lowest BCUT2D eigenvalue weighted by atomic mass is 9.94. The van der Waals surface area contributed by atoms with Crippen LogP contribution in [0.15, 0.2) is 12.4 Å². The Morgan fingerprint density at radius 2 is 2.42 bits per heavy atom. The number of piperidine rings is 1. The first kappa shape index (κ1) is 12.9. The van der Waals surface area contributed by atoms with Gasteiger partial charge in [-0.1, -0.05) is 0 Å². The quantitative estimate of drug-likeness (QED) is 0.809. The molecule has 0 aliphatic carbocycles. The van der Waals surface area contributed by atoms with Crippen molar-refractivity contribution in [3.63, 3.8) is 0 Å². The van der Waals surface area contributed by atoms with Gasteiger partial charge in [0.15, 0.2) is 0 Å². The minimum atomic E-state index is 0.665. The summed E-state index contributed by atoms with van der Waals surface area (Å²) in [4.78, 5) is 7.00. The number of methoxy groups -OCH3 is 1. The van der Waals surface area contributed by atoms with Crippen LogP contribution in [0.25, 0.3) is 0 Å². The van der Waals surface area contributed by atoms with Crippen LogP contribution in [0.3, 0.4) is 0 Å². The highest BCUT2D eigenvalue weighted by atomic mass is 16.5. The van der Waals surface area contributed by atoms with Gasteiger partial charge in [-0.15, -0.1) is 0 Å². The molecule has 0 saturated carbocycles. The molecule has 0 amide bonds. The van der Waals surface area contributed by atoms with Crippen molar-refractivity contribution in [2.75, 3.05) is 38.3 Å². The Morgan fingerprint density at radius 3 is 3.26 bits per heavy atom. The topological polar surface area (TPSA) is 42.3 Å². The van der Waals surface area contributed by atoms with E-state index in [1.165, 1.54) is 19.4 Å². The van der Waals surface area contributed by atoms with Crippen LogP contribution in [0.5, 0.6) is 0 Å². The molecule has 0 unspecified atom stereocenters.